The molecule has 0 spiro atoms. The molecule has 1 atom stereocenters. The lowest BCUT2D eigenvalue weighted by Crippen LogP contribution is -2.50. The molecule has 1 N–H and O–H groups in total. The van der Waals surface area contributed by atoms with Gasteiger partial charge in [-0.25, -0.2) is 8.42 Å². The van der Waals surface area contributed by atoms with Crippen molar-refractivity contribution < 1.29 is 22.7 Å². The number of carbonyl (C=O) groups excluding carboxylic acids is 2. The number of carbonyl (C=O) groups is 2. The number of rotatable bonds is 8. The molecule has 4 rings (SSSR count). The first-order valence-corrected chi connectivity index (χ1v) is 13.0. The molecule has 2 aromatic rings. The molecule has 0 bridgehead atoms. The van der Waals surface area contributed by atoms with Crippen LogP contribution in [0.3, 0.4) is 0 Å². The smallest absolute Gasteiger partial charge is 0.227 e. The van der Waals surface area contributed by atoms with Crippen molar-refractivity contribution in [2.75, 3.05) is 61.9 Å². The van der Waals surface area contributed by atoms with Crippen LogP contribution in [0, 0.1) is 5.92 Å². The highest BCUT2D eigenvalue weighted by molar-refractivity contribution is 7.89. The number of hydrogen-bond acceptors (Lipinski definition) is 6. The summed E-state index contributed by atoms with van der Waals surface area (Å²) in [6.07, 6.45) is 0.123. The fourth-order valence-corrected chi connectivity index (χ4v) is 5.75. The molecule has 0 radical (unpaired) electrons. The van der Waals surface area contributed by atoms with Crippen LogP contribution < -0.4 is 19.9 Å². The molecule has 2 heterocycles. The first-order chi connectivity index (χ1) is 16.4. The fourth-order valence-electron chi connectivity index (χ4n) is 4.42. The number of hydrogen-bond donors (Lipinski definition) is 1. The molecule has 2 fully saturated rings. The molecule has 2 aromatic carbocycles. The summed E-state index contributed by atoms with van der Waals surface area (Å²) in [5.41, 5.74) is 1.71. The van der Waals surface area contributed by atoms with Gasteiger partial charge in [0.05, 0.1) is 24.5 Å². The van der Waals surface area contributed by atoms with Crippen LogP contribution in [0.15, 0.2) is 54.6 Å². The number of nitrogens with zero attached hydrogens (tertiary/aromatic N) is 3. The minimum absolute atomic E-state index is 0.0178. The summed E-state index contributed by atoms with van der Waals surface area (Å²) in [7, 11) is -1.89. The van der Waals surface area contributed by atoms with E-state index in [0.29, 0.717) is 32.7 Å². The zero-order valence-corrected chi connectivity index (χ0v) is 20.0. The van der Waals surface area contributed by atoms with Crippen LogP contribution in [0.25, 0.3) is 0 Å². The van der Waals surface area contributed by atoms with Crippen molar-refractivity contribution in [2.45, 2.75) is 6.42 Å². The van der Waals surface area contributed by atoms with Crippen LogP contribution in [-0.4, -0.2) is 76.7 Å². The van der Waals surface area contributed by atoms with Crippen molar-refractivity contribution >= 4 is 33.2 Å². The van der Waals surface area contributed by atoms with Crippen molar-refractivity contribution in [3.05, 3.63) is 54.6 Å². The van der Waals surface area contributed by atoms with Gasteiger partial charge in [-0.15, -0.1) is 0 Å². The quantitative estimate of drug-likeness (QED) is 0.604. The lowest BCUT2D eigenvalue weighted by molar-refractivity contribution is -0.126. The maximum absolute atomic E-state index is 12.8. The summed E-state index contributed by atoms with van der Waals surface area (Å²) in [5, 5.41) is 2.71. The predicted molar refractivity (Wildman–Crippen MR) is 130 cm³/mol. The average Bonchev–Trinajstić information content (AvgIpc) is 3.26. The number of ether oxygens (including phenoxy) is 1. The van der Waals surface area contributed by atoms with Crippen LogP contribution in [0.1, 0.15) is 6.42 Å². The second-order valence-corrected chi connectivity index (χ2v) is 10.5. The van der Waals surface area contributed by atoms with Gasteiger partial charge in [-0.3, -0.25) is 9.59 Å². The highest BCUT2D eigenvalue weighted by atomic mass is 32.2. The average molecular weight is 487 g/mol. The molecule has 34 heavy (non-hydrogen) atoms. The van der Waals surface area contributed by atoms with E-state index in [1.54, 1.807) is 12.0 Å². The normalized spacial score (nSPS) is 19.3. The van der Waals surface area contributed by atoms with Gasteiger partial charge >= 0.3 is 0 Å². The molecule has 9 nitrogen and oxygen atoms in total. The Kier molecular flexibility index (Phi) is 7.38. The number of amides is 2. The highest BCUT2D eigenvalue weighted by Crippen LogP contribution is 2.29. The molecule has 2 aliphatic rings. The summed E-state index contributed by atoms with van der Waals surface area (Å²) < 4.78 is 32.5. The Bertz CT molecular complexity index is 1120. The monoisotopic (exact) mass is 486 g/mol. The van der Waals surface area contributed by atoms with Crippen molar-refractivity contribution in [1.29, 1.82) is 0 Å². The van der Waals surface area contributed by atoms with Crippen LogP contribution in [-0.2, 0) is 19.6 Å². The second-order valence-electron chi connectivity index (χ2n) is 8.41. The summed E-state index contributed by atoms with van der Waals surface area (Å²) in [5.74, 6) is -0.288. The molecule has 2 aliphatic heterocycles. The second kappa shape index (κ2) is 10.4. The predicted octanol–water partition coefficient (Wildman–Crippen LogP) is 1.32. The molecule has 0 saturated carbocycles. The number of para-hydroxylation sites is 3. The van der Waals surface area contributed by atoms with Crippen LogP contribution in [0.4, 0.5) is 11.4 Å². The summed E-state index contributed by atoms with van der Waals surface area (Å²) in [6.45, 7) is 2.18. The minimum Gasteiger partial charge on any atom is -0.495 e. The Hall–Kier alpha value is -3.11. The van der Waals surface area contributed by atoms with Crippen molar-refractivity contribution in [2.24, 2.45) is 5.92 Å². The Balaban J connectivity index is 1.25. The van der Waals surface area contributed by atoms with E-state index < -0.39 is 15.9 Å². The largest absolute Gasteiger partial charge is 0.495 e. The maximum atomic E-state index is 12.8. The van der Waals surface area contributed by atoms with Gasteiger partial charge in [0.25, 0.3) is 0 Å². The molecule has 0 aromatic heterocycles. The SMILES string of the molecule is COc1ccccc1N1CCN(S(=O)(=O)CCNC(=O)[C@@H]2CC(=O)N(c3ccccc3)C2)CC1. The Morgan fingerprint density at radius 1 is 1.03 bits per heavy atom. The van der Waals surface area contributed by atoms with E-state index in [-0.39, 0.29) is 30.5 Å². The molecular weight excluding hydrogens is 456 g/mol. The van der Waals surface area contributed by atoms with Gasteiger partial charge in [0.2, 0.25) is 21.8 Å². The molecule has 10 heteroatoms. The van der Waals surface area contributed by atoms with Gasteiger partial charge < -0.3 is 19.9 Å². The van der Waals surface area contributed by atoms with E-state index >= 15 is 0 Å². The van der Waals surface area contributed by atoms with Crippen LogP contribution in [0.5, 0.6) is 5.75 Å². The summed E-state index contributed by atoms with van der Waals surface area (Å²) in [6, 6.07) is 16.9. The highest BCUT2D eigenvalue weighted by Gasteiger charge is 2.35. The van der Waals surface area contributed by atoms with E-state index in [9.17, 15) is 18.0 Å². The van der Waals surface area contributed by atoms with Gasteiger partial charge in [-0.05, 0) is 24.3 Å². The summed E-state index contributed by atoms with van der Waals surface area (Å²) >= 11 is 0. The van der Waals surface area contributed by atoms with Crippen molar-refractivity contribution in [3.63, 3.8) is 0 Å². The topological polar surface area (TPSA) is 99.3 Å². The lowest BCUT2D eigenvalue weighted by Gasteiger charge is -2.36. The standard InChI is InChI=1S/C24H30N4O5S/c1-33-22-10-6-5-9-21(22)26-12-14-27(15-13-26)34(31,32)16-11-25-24(30)19-17-23(29)28(18-19)20-7-3-2-4-8-20/h2-10,19H,11-18H2,1H3,(H,25,30)/t19-/m1/s1. The minimum atomic E-state index is -3.51. The number of methoxy groups -OCH3 is 1. The van der Waals surface area contributed by atoms with E-state index in [4.69, 9.17) is 4.74 Å². The molecule has 0 unspecified atom stereocenters. The zero-order valence-electron chi connectivity index (χ0n) is 19.2. The van der Waals surface area contributed by atoms with Gasteiger partial charge in [0.15, 0.2) is 0 Å². The third kappa shape index (κ3) is 5.34. The number of nitrogens with one attached hydrogen (secondary N) is 1. The fraction of sp³-hybridized carbons (Fsp3) is 0.417. The molecule has 2 saturated heterocycles. The molecule has 2 amide bonds. The van der Waals surface area contributed by atoms with Crippen molar-refractivity contribution in [1.82, 2.24) is 9.62 Å². The Morgan fingerprint density at radius 2 is 1.71 bits per heavy atom. The summed E-state index contributed by atoms with van der Waals surface area (Å²) in [4.78, 5) is 28.6. The number of benzene rings is 2. The molecule has 182 valence electrons. The van der Waals surface area contributed by atoms with Gasteiger partial charge in [-0.1, -0.05) is 30.3 Å². The maximum Gasteiger partial charge on any atom is 0.227 e. The third-order valence-electron chi connectivity index (χ3n) is 6.28. The number of anilines is 2. The zero-order chi connectivity index (χ0) is 24.1. The van der Waals surface area contributed by atoms with Crippen molar-refractivity contribution in [3.8, 4) is 5.75 Å². The van der Waals surface area contributed by atoms with E-state index in [1.807, 2.05) is 54.6 Å². The molecular formula is C24H30N4O5S. The van der Waals surface area contributed by atoms with Crippen LogP contribution >= 0.6 is 0 Å². The van der Waals surface area contributed by atoms with E-state index in [0.717, 1.165) is 17.1 Å². The first kappa shape index (κ1) is 24.0. The van der Waals surface area contributed by atoms with Crippen LogP contribution in [0.2, 0.25) is 0 Å². The Morgan fingerprint density at radius 3 is 2.41 bits per heavy atom. The van der Waals surface area contributed by atoms with E-state index in [1.165, 1.54) is 4.31 Å². The lowest BCUT2D eigenvalue weighted by atomic mass is 10.1. The first-order valence-electron chi connectivity index (χ1n) is 11.4. The van der Waals surface area contributed by atoms with Gasteiger partial charge in [0.1, 0.15) is 5.75 Å². The van der Waals surface area contributed by atoms with Gasteiger partial charge in [-0.2, -0.15) is 4.31 Å². The Labute approximate surface area is 200 Å². The number of sulfonamides is 1. The molecule has 0 aliphatic carbocycles. The van der Waals surface area contributed by atoms with Gasteiger partial charge in [0, 0.05) is 51.4 Å². The number of piperazine rings is 1. The third-order valence-corrected chi connectivity index (χ3v) is 8.15. The van der Waals surface area contributed by atoms with E-state index in [2.05, 4.69) is 10.2 Å².